The zero-order chi connectivity index (χ0) is 10.7. The molecule has 0 amide bonds. The standard InChI is InChI=1S/C11H15FN2O/c1-15-11-8(5-9(12)7-14-11)6-10-3-2-4-13-10/h5,7,10,13H,2-4,6H2,1H3. The molecule has 0 bridgehead atoms. The smallest absolute Gasteiger partial charge is 0.216 e. The summed E-state index contributed by atoms with van der Waals surface area (Å²) < 4.78 is 18.1. The van der Waals surface area contributed by atoms with Gasteiger partial charge in [0.05, 0.1) is 13.3 Å². The second-order valence-electron chi connectivity index (χ2n) is 3.82. The van der Waals surface area contributed by atoms with Crippen LogP contribution in [0.15, 0.2) is 12.3 Å². The van der Waals surface area contributed by atoms with Crippen molar-refractivity contribution < 1.29 is 9.13 Å². The van der Waals surface area contributed by atoms with Crippen molar-refractivity contribution in [1.29, 1.82) is 0 Å². The van der Waals surface area contributed by atoms with Crippen LogP contribution < -0.4 is 10.1 Å². The molecule has 1 N–H and O–H groups in total. The van der Waals surface area contributed by atoms with E-state index in [9.17, 15) is 4.39 Å². The molecule has 1 unspecified atom stereocenters. The lowest BCUT2D eigenvalue weighted by Crippen LogP contribution is -2.24. The molecule has 1 aliphatic rings. The Hall–Kier alpha value is -1.16. The summed E-state index contributed by atoms with van der Waals surface area (Å²) in [5.74, 6) is 0.230. The fourth-order valence-corrected chi connectivity index (χ4v) is 2.00. The highest BCUT2D eigenvalue weighted by Crippen LogP contribution is 2.20. The van der Waals surface area contributed by atoms with Crippen LogP contribution in [0.3, 0.4) is 0 Å². The molecule has 0 radical (unpaired) electrons. The van der Waals surface area contributed by atoms with Crippen LogP contribution in [0.4, 0.5) is 4.39 Å². The van der Waals surface area contributed by atoms with E-state index in [4.69, 9.17) is 4.74 Å². The average Bonchev–Trinajstić information content (AvgIpc) is 2.71. The van der Waals surface area contributed by atoms with Gasteiger partial charge in [-0.05, 0) is 31.9 Å². The molecule has 0 saturated carbocycles. The van der Waals surface area contributed by atoms with Crippen molar-refractivity contribution in [2.45, 2.75) is 25.3 Å². The highest BCUT2D eigenvalue weighted by Gasteiger charge is 2.17. The maximum absolute atomic E-state index is 13.0. The topological polar surface area (TPSA) is 34.1 Å². The molecule has 1 atom stereocenters. The number of nitrogens with one attached hydrogen (secondary N) is 1. The quantitative estimate of drug-likeness (QED) is 0.821. The molecule has 2 rings (SSSR count). The molecule has 3 nitrogen and oxygen atoms in total. The molecule has 1 fully saturated rings. The van der Waals surface area contributed by atoms with E-state index in [0.717, 1.165) is 24.9 Å². The van der Waals surface area contributed by atoms with Crippen molar-refractivity contribution in [1.82, 2.24) is 10.3 Å². The Balaban J connectivity index is 2.14. The number of pyridine rings is 1. The first-order valence-electron chi connectivity index (χ1n) is 5.21. The minimum atomic E-state index is -0.302. The van der Waals surface area contributed by atoms with E-state index in [-0.39, 0.29) is 5.82 Å². The van der Waals surface area contributed by atoms with Crippen molar-refractivity contribution >= 4 is 0 Å². The number of ether oxygens (including phenoxy) is 1. The molecule has 0 aromatic carbocycles. The third kappa shape index (κ3) is 2.45. The zero-order valence-electron chi connectivity index (χ0n) is 8.79. The van der Waals surface area contributed by atoms with Crippen LogP contribution in [0.1, 0.15) is 18.4 Å². The van der Waals surface area contributed by atoms with Crippen molar-refractivity contribution in [3.8, 4) is 5.88 Å². The predicted molar refractivity (Wildman–Crippen MR) is 55.5 cm³/mol. The van der Waals surface area contributed by atoms with Crippen LogP contribution in [-0.4, -0.2) is 24.7 Å². The molecular weight excluding hydrogens is 195 g/mol. The first-order valence-corrected chi connectivity index (χ1v) is 5.21. The first kappa shape index (κ1) is 10.4. The Bertz CT molecular complexity index is 337. The van der Waals surface area contributed by atoms with Gasteiger partial charge < -0.3 is 10.1 Å². The maximum atomic E-state index is 13.0. The highest BCUT2D eigenvalue weighted by molar-refractivity contribution is 5.27. The predicted octanol–water partition coefficient (Wildman–Crippen LogP) is 1.52. The van der Waals surface area contributed by atoms with E-state index >= 15 is 0 Å². The van der Waals surface area contributed by atoms with Crippen LogP contribution in [0, 0.1) is 5.82 Å². The Morgan fingerprint density at radius 1 is 1.67 bits per heavy atom. The van der Waals surface area contributed by atoms with Gasteiger partial charge in [0, 0.05) is 11.6 Å². The number of aromatic nitrogens is 1. The molecule has 1 aromatic rings. The van der Waals surface area contributed by atoms with Crippen LogP contribution in [-0.2, 0) is 6.42 Å². The lowest BCUT2D eigenvalue weighted by molar-refractivity contribution is 0.387. The summed E-state index contributed by atoms with van der Waals surface area (Å²) in [6, 6.07) is 1.94. The van der Waals surface area contributed by atoms with Crippen LogP contribution in [0.2, 0.25) is 0 Å². The number of rotatable bonds is 3. The summed E-state index contributed by atoms with van der Waals surface area (Å²) in [6.45, 7) is 1.05. The third-order valence-corrected chi connectivity index (χ3v) is 2.71. The van der Waals surface area contributed by atoms with Gasteiger partial charge in [0.2, 0.25) is 5.88 Å². The Morgan fingerprint density at radius 3 is 3.20 bits per heavy atom. The monoisotopic (exact) mass is 210 g/mol. The summed E-state index contributed by atoms with van der Waals surface area (Å²) in [7, 11) is 1.56. The molecular formula is C11H15FN2O. The Labute approximate surface area is 88.7 Å². The van der Waals surface area contributed by atoms with Crippen molar-refractivity contribution in [2.24, 2.45) is 0 Å². The maximum Gasteiger partial charge on any atom is 0.216 e. The lowest BCUT2D eigenvalue weighted by Gasteiger charge is -2.12. The van der Waals surface area contributed by atoms with Gasteiger partial charge in [-0.2, -0.15) is 0 Å². The molecule has 15 heavy (non-hydrogen) atoms. The van der Waals surface area contributed by atoms with E-state index in [1.165, 1.54) is 18.7 Å². The van der Waals surface area contributed by atoms with Gasteiger partial charge in [-0.25, -0.2) is 9.37 Å². The molecule has 1 aromatic heterocycles. The summed E-state index contributed by atoms with van der Waals surface area (Å²) in [6.07, 6.45) is 4.30. The average molecular weight is 210 g/mol. The summed E-state index contributed by atoms with van der Waals surface area (Å²) in [5.41, 5.74) is 0.844. The van der Waals surface area contributed by atoms with Crippen molar-refractivity contribution in [3.63, 3.8) is 0 Å². The van der Waals surface area contributed by atoms with E-state index in [0.29, 0.717) is 11.9 Å². The summed E-state index contributed by atoms with van der Waals surface area (Å²) in [4.78, 5) is 3.91. The molecule has 1 aliphatic heterocycles. The zero-order valence-corrected chi connectivity index (χ0v) is 8.79. The fourth-order valence-electron chi connectivity index (χ4n) is 2.00. The molecule has 0 aliphatic carbocycles. The summed E-state index contributed by atoms with van der Waals surface area (Å²) >= 11 is 0. The summed E-state index contributed by atoms with van der Waals surface area (Å²) in [5, 5.41) is 3.37. The van der Waals surface area contributed by atoms with E-state index in [1.807, 2.05) is 0 Å². The fraction of sp³-hybridized carbons (Fsp3) is 0.545. The largest absolute Gasteiger partial charge is 0.481 e. The van der Waals surface area contributed by atoms with Gasteiger partial charge in [-0.1, -0.05) is 0 Å². The van der Waals surface area contributed by atoms with Crippen LogP contribution in [0.25, 0.3) is 0 Å². The van der Waals surface area contributed by atoms with Crippen LogP contribution in [0.5, 0.6) is 5.88 Å². The second-order valence-corrected chi connectivity index (χ2v) is 3.82. The molecule has 2 heterocycles. The SMILES string of the molecule is COc1ncc(F)cc1CC1CCCN1. The number of hydrogen-bond donors (Lipinski definition) is 1. The molecule has 4 heteroatoms. The van der Waals surface area contributed by atoms with E-state index < -0.39 is 0 Å². The van der Waals surface area contributed by atoms with Crippen molar-refractivity contribution in [2.75, 3.05) is 13.7 Å². The van der Waals surface area contributed by atoms with Gasteiger partial charge in [-0.15, -0.1) is 0 Å². The van der Waals surface area contributed by atoms with Gasteiger partial charge in [0.1, 0.15) is 5.82 Å². The van der Waals surface area contributed by atoms with E-state index in [1.54, 1.807) is 7.11 Å². The Morgan fingerprint density at radius 2 is 2.53 bits per heavy atom. The molecule has 82 valence electrons. The van der Waals surface area contributed by atoms with E-state index in [2.05, 4.69) is 10.3 Å². The van der Waals surface area contributed by atoms with Gasteiger partial charge in [0.15, 0.2) is 0 Å². The van der Waals surface area contributed by atoms with Gasteiger partial charge in [-0.3, -0.25) is 0 Å². The normalized spacial score (nSPS) is 20.5. The minimum absolute atomic E-state index is 0.302. The lowest BCUT2D eigenvalue weighted by atomic mass is 10.1. The molecule has 1 saturated heterocycles. The number of nitrogens with zero attached hydrogens (tertiary/aromatic N) is 1. The Kier molecular flexibility index (Phi) is 3.16. The first-order chi connectivity index (χ1) is 7.29. The highest BCUT2D eigenvalue weighted by atomic mass is 19.1. The molecule has 0 spiro atoms. The second kappa shape index (κ2) is 4.57. The van der Waals surface area contributed by atoms with Gasteiger partial charge >= 0.3 is 0 Å². The third-order valence-electron chi connectivity index (χ3n) is 2.71. The minimum Gasteiger partial charge on any atom is -0.481 e. The number of methoxy groups -OCH3 is 1. The van der Waals surface area contributed by atoms with Crippen LogP contribution >= 0.6 is 0 Å². The van der Waals surface area contributed by atoms with Gasteiger partial charge in [0.25, 0.3) is 0 Å². The number of hydrogen-bond acceptors (Lipinski definition) is 3. The van der Waals surface area contributed by atoms with Crippen molar-refractivity contribution in [3.05, 3.63) is 23.6 Å². The number of halogens is 1.